The summed E-state index contributed by atoms with van der Waals surface area (Å²) in [5.74, 6) is 0. The van der Waals surface area contributed by atoms with Crippen molar-refractivity contribution in [1.29, 1.82) is 0 Å². The molecule has 0 spiro atoms. The van der Waals surface area contributed by atoms with E-state index in [2.05, 4.69) is 6.92 Å². The Morgan fingerprint density at radius 3 is 2.25 bits per heavy atom. The minimum atomic E-state index is -0.436. The van der Waals surface area contributed by atoms with Crippen molar-refractivity contribution in [3.63, 3.8) is 0 Å². The molecule has 0 aromatic carbocycles. The molecule has 0 radical (unpaired) electrons. The van der Waals surface area contributed by atoms with Gasteiger partial charge in [0.05, 0.1) is 0 Å². The minimum Gasteiger partial charge on any atom is -0.363 e. The average Bonchev–Trinajstić information content (AvgIpc) is 1.67. The SMILES string of the molecule is CCCC(C)(Cl)OC. The molecule has 0 aromatic heterocycles. The molecule has 0 N–H and O–H groups in total. The van der Waals surface area contributed by atoms with E-state index in [4.69, 9.17) is 16.3 Å². The van der Waals surface area contributed by atoms with Crippen LogP contribution in [-0.4, -0.2) is 12.2 Å². The topological polar surface area (TPSA) is 9.23 Å². The smallest absolute Gasteiger partial charge is 0.138 e. The molecule has 0 fully saturated rings. The van der Waals surface area contributed by atoms with Gasteiger partial charge < -0.3 is 4.74 Å². The monoisotopic (exact) mass is 136 g/mol. The Balaban J connectivity index is 3.37. The lowest BCUT2D eigenvalue weighted by atomic mass is 10.2. The third-order valence-corrected chi connectivity index (χ3v) is 1.47. The number of ether oxygens (including phenoxy) is 1. The van der Waals surface area contributed by atoms with E-state index in [0.717, 1.165) is 12.8 Å². The zero-order chi connectivity index (χ0) is 6.62. The minimum absolute atomic E-state index is 0.436. The predicted octanol–water partition coefficient (Wildman–Crippen LogP) is 2.39. The van der Waals surface area contributed by atoms with E-state index in [0.29, 0.717) is 0 Å². The molecule has 2 heteroatoms. The number of hydrogen-bond donors (Lipinski definition) is 0. The lowest BCUT2D eigenvalue weighted by Gasteiger charge is -2.18. The first-order valence-electron chi connectivity index (χ1n) is 2.86. The highest BCUT2D eigenvalue weighted by Gasteiger charge is 2.16. The normalized spacial score (nSPS) is 18.0. The fourth-order valence-corrected chi connectivity index (χ4v) is 0.738. The highest BCUT2D eigenvalue weighted by molar-refractivity contribution is 6.22. The molecular formula is C6H13ClO. The summed E-state index contributed by atoms with van der Waals surface area (Å²) in [5, 5.41) is -0.436. The summed E-state index contributed by atoms with van der Waals surface area (Å²) in [7, 11) is 1.63. The van der Waals surface area contributed by atoms with Gasteiger partial charge in [-0.15, -0.1) is 0 Å². The van der Waals surface area contributed by atoms with Crippen molar-refractivity contribution in [2.45, 2.75) is 31.7 Å². The molecule has 0 rings (SSSR count). The van der Waals surface area contributed by atoms with E-state index in [1.807, 2.05) is 6.92 Å². The number of alkyl halides is 1. The van der Waals surface area contributed by atoms with Gasteiger partial charge in [-0.2, -0.15) is 0 Å². The Bertz CT molecular complexity index is 61.5. The number of hydrogen-bond acceptors (Lipinski definition) is 1. The van der Waals surface area contributed by atoms with Crippen LogP contribution in [0.25, 0.3) is 0 Å². The van der Waals surface area contributed by atoms with Crippen LogP contribution in [0, 0.1) is 0 Å². The molecule has 8 heavy (non-hydrogen) atoms. The van der Waals surface area contributed by atoms with Crippen LogP contribution >= 0.6 is 11.6 Å². The molecular weight excluding hydrogens is 124 g/mol. The third kappa shape index (κ3) is 3.28. The fraction of sp³-hybridized carbons (Fsp3) is 1.00. The quantitative estimate of drug-likeness (QED) is 0.542. The first-order valence-corrected chi connectivity index (χ1v) is 3.24. The van der Waals surface area contributed by atoms with Gasteiger partial charge in [0, 0.05) is 7.11 Å². The molecule has 0 aliphatic carbocycles. The summed E-state index contributed by atoms with van der Waals surface area (Å²) in [6, 6.07) is 0. The lowest BCUT2D eigenvalue weighted by Crippen LogP contribution is -2.17. The summed E-state index contributed by atoms with van der Waals surface area (Å²) in [5.41, 5.74) is 0. The van der Waals surface area contributed by atoms with Crippen LogP contribution in [0.1, 0.15) is 26.7 Å². The van der Waals surface area contributed by atoms with Gasteiger partial charge >= 0.3 is 0 Å². The van der Waals surface area contributed by atoms with Gasteiger partial charge in [0.2, 0.25) is 0 Å². The van der Waals surface area contributed by atoms with Gasteiger partial charge in [0.25, 0.3) is 0 Å². The zero-order valence-corrected chi connectivity index (χ0v) is 6.46. The van der Waals surface area contributed by atoms with Crippen molar-refractivity contribution in [3.8, 4) is 0 Å². The van der Waals surface area contributed by atoms with Crippen molar-refractivity contribution in [1.82, 2.24) is 0 Å². The number of halogens is 1. The van der Waals surface area contributed by atoms with Crippen LogP contribution in [0.15, 0.2) is 0 Å². The highest BCUT2D eigenvalue weighted by atomic mass is 35.5. The maximum Gasteiger partial charge on any atom is 0.138 e. The maximum absolute atomic E-state index is 5.80. The Morgan fingerprint density at radius 2 is 2.12 bits per heavy atom. The number of methoxy groups -OCH3 is 1. The van der Waals surface area contributed by atoms with E-state index in [9.17, 15) is 0 Å². The fourth-order valence-electron chi connectivity index (χ4n) is 0.549. The Labute approximate surface area is 56.0 Å². The predicted molar refractivity (Wildman–Crippen MR) is 36.2 cm³/mol. The van der Waals surface area contributed by atoms with Crippen molar-refractivity contribution >= 4 is 11.6 Å². The van der Waals surface area contributed by atoms with Crippen molar-refractivity contribution < 1.29 is 4.74 Å². The van der Waals surface area contributed by atoms with Crippen LogP contribution in [0.4, 0.5) is 0 Å². The van der Waals surface area contributed by atoms with Crippen molar-refractivity contribution in [2.75, 3.05) is 7.11 Å². The summed E-state index contributed by atoms with van der Waals surface area (Å²) >= 11 is 5.80. The van der Waals surface area contributed by atoms with Crippen LogP contribution < -0.4 is 0 Å². The van der Waals surface area contributed by atoms with Gasteiger partial charge in [-0.3, -0.25) is 0 Å². The van der Waals surface area contributed by atoms with Crippen LogP contribution in [-0.2, 0) is 4.74 Å². The molecule has 1 nitrogen and oxygen atoms in total. The van der Waals surface area contributed by atoms with E-state index in [1.54, 1.807) is 7.11 Å². The molecule has 0 saturated carbocycles. The molecule has 1 unspecified atom stereocenters. The molecule has 0 amide bonds. The summed E-state index contributed by atoms with van der Waals surface area (Å²) in [6.45, 7) is 3.96. The Morgan fingerprint density at radius 1 is 1.62 bits per heavy atom. The summed E-state index contributed by atoms with van der Waals surface area (Å²) in [6.07, 6.45) is 1.97. The molecule has 1 atom stereocenters. The largest absolute Gasteiger partial charge is 0.363 e. The van der Waals surface area contributed by atoms with Crippen molar-refractivity contribution in [2.24, 2.45) is 0 Å². The standard InChI is InChI=1S/C6H13ClO/c1-4-5-6(2,7)8-3/h4-5H2,1-3H3. The lowest BCUT2D eigenvalue weighted by molar-refractivity contribution is 0.0719. The molecule has 0 heterocycles. The van der Waals surface area contributed by atoms with Crippen LogP contribution in [0.3, 0.4) is 0 Å². The maximum atomic E-state index is 5.80. The van der Waals surface area contributed by atoms with E-state index < -0.39 is 5.06 Å². The van der Waals surface area contributed by atoms with Crippen LogP contribution in [0.2, 0.25) is 0 Å². The Hall–Kier alpha value is 0.250. The van der Waals surface area contributed by atoms with Gasteiger partial charge in [0.1, 0.15) is 5.06 Å². The van der Waals surface area contributed by atoms with E-state index in [1.165, 1.54) is 0 Å². The summed E-state index contributed by atoms with van der Waals surface area (Å²) in [4.78, 5) is 0. The molecule has 0 aliphatic rings. The van der Waals surface area contributed by atoms with E-state index in [-0.39, 0.29) is 0 Å². The second-order valence-electron chi connectivity index (χ2n) is 2.06. The van der Waals surface area contributed by atoms with E-state index >= 15 is 0 Å². The van der Waals surface area contributed by atoms with Crippen LogP contribution in [0.5, 0.6) is 0 Å². The van der Waals surface area contributed by atoms with Gasteiger partial charge in [-0.1, -0.05) is 24.9 Å². The second kappa shape index (κ2) is 3.31. The third-order valence-electron chi connectivity index (χ3n) is 1.12. The average molecular weight is 137 g/mol. The number of rotatable bonds is 3. The Kier molecular flexibility index (Phi) is 3.41. The molecule has 0 aromatic rings. The molecule has 50 valence electrons. The molecule has 0 bridgehead atoms. The van der Waals surface area contributed by atoms with Gasteiger partial charge in [-0.25, -0.2) is 0 Å². The van der Waals surface area contributed by atoms with Gasteiger partial charge in [0.15, 0.2) is 0 Å². The highest BCUT2D eigenvalue weighted by Crippen LogP contribution is 2.20. The first-order chi connectivity index (χ1) is 3.62. The van der Waals surface area contributed by atoms with Crippen molar-refractivity contribution in [3.05, 3.63) is 0 Å². The first kappa shape index (κ1) is 8.25. The second-order valence-corrected chi connectivity index (χ2v) is 2.86. The molecule has 0 saturated heterocycles. The molecule has 0 aliphatic heterocycles. The summed E-state index contributed by atoms with van der Waals surface area (Å²) < 4.78 is 4.94. The van der Waals surface area contributed by atoms with Gasteiger partial charge in [-0.05, 0) is 13.3 Å². The zero-order valence-electron chi connectivity index (χ0n) is 5.70.